The number of hydrogen-bond donors (Lipinski definition) is 1. The SMILES string of the molecule is C=CCCCC(=O)N(CCCCCCCCC)CCC(=O)O. The summed E-state index contributed by atoms with van der Waals surface area (Å²) in [6, 6.07) is 0. The van der Waals surface area contributed by atoms with Crippen LogP contribution in [0, 0.1) is 0 Å². The molecule has 0 atom stereocenters. The van der Waals surface area contributed by atoms with Gasteiger partial charge in [-0.05, 0) is 19.3 Å². The van der Waals surface area contributed by atoms with Crippen LogP contribution in [0.15, 0.2) is 12.7 Å². The first-order valence-electron chi connectivity index (χ1n) is 8.72. The van der Waals surface area contributed by atoms with Gasteiger partial charge in [0.25, 0.3) is 0 Å². The van der Waals surface area contributed by atoms with Gasteiger partial charge in [0.2, 0.25) is 5.91 Å². The largest absolute Gasteiger partial charge is 0.481 e. The number of carboxylic acids is 1. The summed E-state index contributed by atoms with van der Waals surface area (Å²) in [5, 5.41) is 8.80. The van der Waals surface area contributed by atoms with Gasteiger partial charge in [-0.2, -0.15) is 0 Å². The minimum Gasteiger partial charge on any atom is -0.481 e. The number of hydrogen-bond acceptors (Lipinski definition) is 2. The summed E-state index contributed by atoms with van der Waals surface area (Å²) in [7, 11) is 0. The topological polar surface area (TPSA) is 57.6 Å². The summed E-state index contributed by atoms with van der Waals surface area (Å²) in [6.45, 7) is 6.88. The van der Waals surface area contributed by atoms with Gasteiger partial charge in [0.15, 0.2) is 0 Å². The van der Waals surface area contributed by atoms with E-state index in [4.69, 9.17) is 5.11 Å². The summed E-state index contributed by atoms with van der Waals surface area (Å²) in [6.07, 6.45) is 12.4. The van der Waals surface area contributed by atoms with Crippen LogP contribution in [-0.4, -0.2) is 35.0 Å². The van der Waals surface area contributed by atoms with Gasteiger partial charge < -0.3 is 10.0 Å². The lowest BCUT2D eigenvalue weighted by atomic mass is 10.1. The number of nitrogens with zero attached hydrogens (tertiary/aromatic N) is 1. The number of aliphatic carboxylic acids is 1. The van der Waals surface area contributed by atoms with Crippen LogP contribution in [-0.2, 0) is 9.59 Å². The van der Waals surface area contributed by atoms with Crippen molar-refractivity contribution in [3.63, 3.8) is 0 Å². The monoisotopic (exact) mass is 311 g/mol. The van der Waals surface area contributed by atoms with Crippen molar-refractivity contribution < 1.29 is 14.7 Å². The molecule has 22 heavy (non-hydrogen) atoms. The normalized spacial score (nSPS) is 10.4. The van der Waals surface area contributed by atoms with E-state index in [-0.39, 0.29) is 12.3 Å². The van der Waals surface area contributed by atoms with Crippen molar-refractivity contribution in [2.24, 2.45) is 0 Å². The molecule has 0 aliphatic heterocycles. The van der Waals surface area contributed by atoms with Crippen molar-refractivity contribution in [2.45, 2.75) is 77.6 Å². The fourth-order valence-corrected chi connectivity index (χ4v) is 2.41. The van der Waals surface area contributed by atoms with E-state index in [0.717, 1.165) is 25.7 Å². The molecule has 0 aliphatic carbocycles. The second kappa shape index (κ2) is 14.6. The van der Waals surface area contributed by atoms with Gasteiger partial charge in [-0.25, -0.2) is 0 Å². The Bertz CT molecular complexity index is 315. The van der Waals surface area contributed by atoms with Crippen molar-refractivity contribution >= 4 is 11.9 Å². The Balaban J connectivity index is 3.98. The molecule has 0 aromatic carbocycles. The number of carbonyl (C=O) groups is 2. The Morgan fingerprint density at radius 1 is 0.955 bits per heavy atom. The number of rotatable bonds is 15. The molecule has 4 nitrogen and oxygen atoms in total. The average molecular weight is 311 g/mol. The van der Waals surface area contributed by atoms with Crippen molar-refractivity contribution in [2.75, 3.05) is 13.1 Å². The van der Waals surface area contributed by atoms with Gasteiger partial charge in [0.05, 0.1) is 6.42 Å². The van der Waals surface area contributed by atoms with E-state index in [1.165, 1.54) is 32.1 Å². The van der Waals surface area contributed by atoms with E-state index >= 15 is 0 Å². The third-order valence-corrected chi connectivity index (χ3v) is 3.78. The smallest absolute Gasteiger partial charge is 0.305 e. The number of carbonyl (C=O) groups excluding carboxylic acids is 1. The van der Waals surface area contributed by atoms with Crippen molar-refractivity contribution in [3.8, 4) is 0 Å². The minimum absolute atomic E-state index is 0.0314. The molecule has 128 valence electrons. The summed E-state index contributed by atoms with van der Waals surface area (Å²) < 4.78 is 0. The zero-order valence-electron chi connectivity index (χ0n) is 14.2. The van der Waals surface area contributed by atoms with E-state index in [1.807, 2.05) is 6.08 Å². The fraction of sp³-hybridized carbons (Fsp3) is 0.778. The summed E-state index contributed by atoms with van der Waals surface area (Å²) >= 11 is 0. The van der Waals surface area contributed by atoms with E-state index in [1.54, 1.807) is 4.90 Å². The molecule has 1 N–H and O–H groups in total. The number of allylic oxidation sites excluding steroid dienone is 1. The Morgan fingerprint density at radius 2 is 1.59 bits per heavy atom. The Hall–Kier alpha value is -1.32. The third-order valence-electron chi connectivity index (χ3n) is 3.78. The van der Waals surface area contributed by atoms with E-state index in [0.29, 0.717) is 19.5 Å². The predicted octanol–water partition coefficient (Wildman–Crippen LogP) is 4.40. The lowest BCUT2D eigenvalue weighted by Crippen LogP contribution is -2.33. The first kappa shape index (κ1) is 20.7. The molecule has 4 heteroatoms. The fourth-order valence-electron chi connectivity index (χ4n) is 2.41. The quantitative estimate of drug-likeness (QED) is 0.360. The maximum Gasteiger partial charge on any atom is 0.305 e. The summed E-state index contributed by atoms with van der Waals surface area (Å²) in [5.74, 6) is -0.766. The van der Waals surface area contributed by atoms with E-state index in [2.05, 4.69) is 13.5 Å². The van der Waals surface area contributed by atoms with Gasteiger partial charge in [-0.3, -0.25) is 9.59 Å². The maximum atomic E-state index is 12.1. The molecule has 0 rings (SSSR count). The molecular weight excluding hydrogens is 278 g/mol. The van der Waals surface area contributed by atoms with Crippen LogP contribution in [0.3, 0.4) is 0 Å². The zero-order valence-corrected chi connectivity index (χ0v) is 14.2. The number of carboxylic acid groups (broad SMARTS) is 1. The third kappa shape index (κ3) is 12.4. The Kier molecular flexibility index (Phi) is 13.7. The molecule has 0 fully saturated rings. The number of unbranched alkanes of at least 4 members (excludes halogenated alkanes) is 7. The molecule has 0 aromatic rings. The Morgan fingerprint density at radius 3 is 2.18 bits per heavy atom. The Labute approximate surface area is 135 Å². The van der Waals surface area contributed by atoms with Crippen LogP contribution in [0.4, 0.5) is 0 Å². The molecular formula is C18H33NO3. The van der Waals surface area contributed by atoms with Crippen molar-refractivity contribution in [1.82, 2.24) is 4.90 Å². The second-order valence-corrected chi connectivity index (χ2v) is 5.83. The van der Waals surface area contributed by atoms with Gasteiger partial charge in [-0.15, -0.1) is 6.58 Å². The lowest BCUT2D eigenvalue weighted by Gasteiger charge is -2.22. The van der Waals surface area contributed by atoms with E-state index < -0.39 is 5.97 Å². The summed E-state index contributed by atoms with van der Waals surface area (Å²) in [5.41, 5.74) is 0. The highest BCUT2D eigenvalue weighted by Gasteiger charge is 2.13. The van der Waals surface area contributed by atoms with Crippen LogP contribution in [0.25, 0.3) is 0 Å². The highest BCUT2D eigenvalue weighted by Crippen LogP contribution is 2.09. The molecule has 0 saturated carbocycles. The standard InChI is InChI=1S/C18H33NO3/c1-3-5-7-8-9-10-12-15-19(16-14-18(21)22)17(20)13-11-6-4-2/h4H,2-3,5-16H2,1H3,(H,21,22). The highest BCUT2D eigenvalue weighted by atomic mass is 16.4. The van der Waals surface area contributed by atoms with Gasteiger partial charge >= 0.3 is 5.97 Å². The predicted molar refractivity (Wildman–Crippen MR) is 90.9 cm³/mol. The second-order valence-electron chi connectivity index (χ2n) is 5.83. The van der Waals surface area contributed by atoms with Crippen molar-refractivity contribution in [3.05, 3.63) is 12.7 Å². The van der Waals surface area contributed by atoms with Crippen LogP contribution >= 0.6 is 0 Å². The molecule has 0 heterocycles. The molecule has 0 unspecified atom stereocenters. The van der Waals surface area contributed by atoms with Crippen LogP contribution in [0.1, 0.15) is 77.6 Å². The molecule has 0 aliphatic rings. The van der Waals surface area contributed by atoms with Gasteiger partial charge in [0.1, 0.15) is 0 Å². The summed E-state index contributed by atoms with van der Waals surface area (Å²) in [4.78, 5) is 24.6. The van der Waals surface area contributed by atoms with Gasteiger partial charge in [0, 0.05) is 19.5 Å². The molecule has 0 saturated heterocycles. The maximum absolute atomic E-state index is 12.1. The lowest BCUT2D eigenvalue weighted by molar-refractivity contribution is -0.138. The zero-order chi connectivity index (χ0) is 16.6. The molecule has 0 radical (unpaired) electrons. The number of amides is 1. The van der Waals surface area contributed by atoms with Crippen LogP contribution < -0.4 is 0 Å². The van der Waals surface area contributed by atoms with Crippen LogP contribution in [0.5, 0.6) is 0 Å². The average Bonchev–Trinajstić information content (AvgIpc) is 2.49. The molecule has 0 aromatic heterocycles. The first-order valence-corrected chi connectivity index (χ1v) is 8.72. The van der Waals surface area contributed by atoms with E-state index in [9.17, 15) is 9.59 Å². The molecule has 0 spiro atoms. The van der Waals surface area contributed by atoms with Crippen LogP contribution in [0.2, 0.25) is 0 Å². The van der Waals surface area contributed by atoms with Crippen molar-refractivity contribution in [1.29, 1.82) is 0 Å². The highest BCUT2D eigenvalue weighted by molar-refractivity contribution is 5.77. The first-order chi connectivity index (χ1) is 10.6. The molecule has 1 amide bonds. The minimum atomic E-state index is -0.844. The van der Waals surface area contributed by atoms with Gasteiger partial charge in [-0.1, -0.05) is 51.5 Å². The molecule has 0 bridgehead atoms.